The molecular formula is C15H14ClN3O2. The van der Waals surface area contributed by atoms with E-state index in [0.29, 0.717) is 11.6 Å². The lowest BCUT2D eigenvalue weighted by Crippen LogP contribution is -2.36. The molecule has 0 aliphatic rings. The Morgan fingerprint density at radius 1 is 1.10 bits per heavy atom. The van der Waals surface area contributed by atoms with Crippen LogP contribution in [0.3, 0.4) is 0 Å². The summed E-state index contributed by atoms with van der Waals surface area (Å²) in [6.07, 6.45) is 2.85. The second-order valence-corrected chi connectivity index (χ2v) is 4.71. The molecular weight excluding hydrogens is 290 g/mol. The maximum Gasteiger partial charge on any atom is 0.254 e. The van der Waals surface area contributed by atoms with Crippen molar-refractivity contribution in [1.29, 1.82) is 0 Å². The van der Waals surface area contributed by atoms with Gasteiger partial charge in [0.15, 0.2) is 0 Å². The van der Waals surface area contributed by atoms with E-state index in [-0.39, 0.29) is 18.0 Å². The summed E-state index contributed by atoms with van der Waals surface area (Å²) < 4.78 is 0. The number of carbonyl (C=O) groups is 2. The van der Waals surface area contributed by atoms with Gasteiger partial charge >= 0.3 is 0 Å². The Bertz CT molecular complexity index is 632. The number of hydrogen-bond acceptors (Lipinski definition) is 3. The molecule has 1 aromatic carbocycles. The number of rotatable bonds is 5. The monoisotopic (exact) mass is 303 g/mol. The van der Waals surface area contributed by atoms with Crippen LogP contribution >= 0.6 is 11.6 Å². The third kappa shape index (κ3) is 4.57. The lowest BCUT2D eigenvalue weighted by Gasteiger charge is -2.07. The number of nitrogens with one attached hydrogen (secondary N) is 2. The lowest BCUT2D eigenvalue weighted by molar-refractivity contribution is -0.120. The molecule has 0 bridgehead atoms. The summed E-state index contributed by atoms with van der Waals surface area (Å²) in [5, 5.41) is 5.52. The van der Waals surface area contributed by atoms with Crippen LogP contribution in [0.15, 0.2) is 48.8 Å². The number of carbonyl (C=O) groups excluding carboxylic acids is 2. The summed E-state index contributed by atoms with van der Waals surface area (Å²) in [7, 11) is 0. The second kappa shape index (κ2) is 7.40. The van der Waals surface area contributed by atoms with Gasteiger partial charge in [-0.1, -0.05) is 41.9 Å². The van der Waals surface area contributed by atoms with Crippen molar-refractivity contribution in [3.05, 3.63) is 64.9 Å². The van der Waals surface area contributed by atoms with E-state index < -0.39 is 5.91 Å². The van der Waals surface area contributed by atoms with E-state index in [1.807, 2.05) is 30.3 Å². The molecule has 2 amide bonds. The Morgan fingerprint density at radius 3 is 2.57 bits per heavy atom. The quantitative estimate of drug-likeness (QED) is 0.884. The zero-order valence-electron chi connectivity index (χ0n) is 11.2. The molecule has 0 fully saturated rings. The number of nitrogens with zero attached hydrogens (tertiary/aromatic N) is 1. The third-order valence-electron chi connectivity index (χ3n) is 2.75. The van der Waals surface area contributed by atoms with E-state index in [9.17, 15) is 9.59 Å². The van der Waals surface area contributed by atoms with Crippen molar-refractivity contribution in [3.8, 4) is 0 Å². The number of benzene rings is 1. The van der Waals surface area contributed by atoms with E-state index in [4.69, 9.17) is 11.6 Å². The van der Waals surface area contributed by atoms with Gasteiger partial charge < -0.3 is 10.6 Å². The average Bonchev–Trinajstić information content (AvgIpc) is 2.52. The molecule has 0 spiro atoms. The second-order valence-electron chi connectivity index (χ2n) is 4.30. The number of pyridine rings is 1. The van der Waals surface area contributed by atoms with Crippen molar-refractivity contribution in [3.63, 3.8) is 0 Å². The first kappa shape index (κ1) is 15.0. The van der Waals surface area contributed by atoms with Gasteiger partial charge in [0.05, 0.1) is 17.1 Å². The van der Waals surface area contributed by atoms with Crippen LogP contribution in [0.25, 0.3) is 0 Å². The van der Waals surface area contributed by atoms with E-state index in [2.05, 4.69) is 15.6 Å². The van der Waals surface area contributed by atoms with Crippen molar-refractivity contribution >= 4 is 23.4 Å². The van der Waals surface area contributed by atoms with Gasteiger partial charge in [-0.2, -0.15) is 0 Å². The van der Waals surface area contributed by atoms with Crippen LogP contribution in [0.4, 0.5) is 0 Å². The van der Waals surface area contributed by atoms with Gasteiger partial charge in [0, 0.05) is 18.9 Å². The van der Waals surface area contributed by atoms with Crippen LogP contribution < -0.4 is 10.6 Å². The van der Waals surface area contributed by atoms with Gasteiger partial charge in [-0.15, -0.1) is 0 Å². The van der Waals surface area contributed by atoms with Crippen LogP contribution in [0, 0.1) is 0 Å². The third-order valence-corrected chi connectivity index (χ3v) is 3.08. The molecule has 0 saturated heterocycles. The standard InChI is InChI=1S/C15H14ClN3O2/c16-13-6-7-17-9-12(13)15(21)19-10-14(20)18-8-11-4-2-1-3-5-11/h1-7,9H,8,10H2,(H,18,20)(H,19,21). The molecule has 0 aliphatic heterocycles. The molecule has 0 radical (unpaired) electrons. The summed E-state index contributed by atoms with van der Waals surface area (Å²) >= 11 is 5.87. The van der Waals surface area contributed by atoms with Gasteiger partial charge in [-0.05, 0) is 11.6 Å². The summed E-state index contributed by atoms with van der Waals surface area (Å²) in [5.74, 6) is -0.699. The van der Waals surface area contributed by atoms with Crippen LogP contribution in [0.5, 0.6) is 0 Å². The number of halogens is 1. The highest BCUT2D eigenvalue weighted by Gasteiger charge is 2.11. The van der Waals surface area contributed by atoms with Crippen LogP contribution in [-0.2, 0) is 11.3 Å². The molecule has 21 heavy (non-hydrogen) atoms. The highest BCUT2D eigenvalue weighted by molar-refractivity contribution is 6.33. The zero-order chi connectivity index (χ0) is 15.1. The molecule has 108 valence electrons. The molecule has 1 heterocycles. The van der Waals surface area contributed by atoms with Crippen molar-refractivity contribution in [1.82, 2.24) is 15.6 Å². The minimum absolute atomic E-state index is 0.114. The normalized spacial score (nSPS) is 9.95. The molecule has 2 N–H and O–H groups in total. The maximum absolute atomic E-state index is 11.8. The number of hydrogen-bond donors (Lipinski definition) is 2. The van der Waals surface area contributed by atoms with Crippen molar-refractivity contribution < 1.29 is 9.59 Å². The van der Waals surface area contributed by atoms with Gasteiger partial charge in [0.2, 0.25) is 5.91 Å². The molecule has 5 nitrogen and oxygen atoms in total. The fourth-order valence-electron chi connectivity index (χ4n) is 1.66. The minimum atomic E-state index is -0.428. The lowest BCUT2D eigenvalue weighted by atomic mass is 10.2. The van der Waals surface area contributed by atoms with Crippen molar-refractivity contribution in [2.24, 2.45) is 0 Å². The Balaban J connectivity index is 1.79. The fraction of sp³-hybridized carbons (Fsp3) is 0.133. The van der Waals surface area contributed by atoms with Crippen LogP contribution in [0.2, 0.25) is 5.02 Å². The topological polar surface area (TPSA) is 71.1 Å². The molecule has 0 unspecified atom stereocenters. The SMILES string of the molecule is O=C(CNC(=O)c1cnccc1Cl)NCc1ccccc1. The summed E-state index contributed by atoms with van der Waals surface area (Å²) in [4.78, 5) is 27.3. The summed E-state index contributed by atoms with van der Waals surface area (Å²) in [6.45, 7) is 0.306. The van der Waals surface area contributed by atoms with Gasteiger partial charge in [-0.25, -0.2) is 0 Å². The zero-order valence-corrected chi connectivity index (χ0v) is 11.9. The Morgan fingerprint density at radius 2 is 1.86 bits per heavy atom. The number of aromatic nitrogens is 1. The van der Waals surface area contributed by atoms with Gasteiger partial charge in [0.1, 0.15) is 0 Å². The van der Waals surface area contributed by atoms with E-state index in [1.54, 1.807) is 0 Å². The Kier molecular flexibility index (Phi) is 5.29. The first-order valence-corrected chi connectivity index (χ1v) is 6.73. The average molecular weight is 304 g/mol. The number of amides is 2. The molecule has 6 heteroatoms. The maximum atomic E-state index is 11.8. The Labute approximate surface area is 127 Å². The van der Waals surface area contributed by atoms with E-state index >= 15 is 0 Å². The predicted molar refractivity (Wildman–Crippen MR) is 79.9 cm³/mol. The predicted octanol–water partition coefficient (Wildman–Crippen LogP) is 1.78. The van der Waals surface area contributed by atoms with Gasteiger partial charge in [-0.3, -0.25) is 14.6 Å². The first-order valence-electron chi connectivity index (χ1n) is 6.35. The van der Waals surface area contributed by atoms with Gasteiger partial charge in [0.25, 0.3) is 5.91 Å². The van der Waals surface area contributed by atoms with Crippen LogP contribution in [0.1, 0.15) is 15.9 Å². The van der Waals surface area contributed by atoms with Crippen molar-refractivity contribution in [2.45, 2.75) is 6.54 Å². The van der Waals surface area contributed by atoms with Crippen molar-refractivity contribution in [2.75, 3.05) is 6.54 Å². The smallest absolute Gasteiger partial charge is 0.254 e. The Hall–Kier alpha value is -2.40. The first-order chi connectivity index (χ1) is 10.2. The fourth-order valence-corrected chi connectivity index (χ4v) is 1.85. The molecule has 2 rings (SSSR count). The van der Waals surface area contributed by atoms with Crippen LogP contribution in [-0.4, -0.2) is 23.3 Å². The molecule has 0 atom stereocenters. The van der Waals surface area contributed by atoms with E-state index in [1.165, 1.54) is 18.5 Å². The molecule has 0 saturated carbocycles. The van der Waals surface area contributed by atoms with E-state index in [0.717, 1.165) is 5.56 Å². The summed E-state index contributed by atoms with van der Waals surface area (Å²) in [6, 6.07) is 11.0. The minimum Gasteiger partial charge on any atom is -0.350 e. The highest BCUT2D eigenvalue weighted by Crippen LogP contribution is 2.12. The summed E-state index contributed by atoms with van der Waals surface area (Å²) in [5.41, 5.74) is 1.24. The molecule has 1 aromatic heterocycles. The largest absolute Gasteiger partial charge is 0.350 e. The highest BCUT2D eigenvalue weighted by atomic mass is 35.5. The molecule has 0 aliphatic carbocycles. The molecule has 2 aromatic rings.